The minimum Gasteiger partial charge on any atom is -0.228 e. The van der Waals surface area contributed by atoms with Crippen LogP contribution in [0.3, 0.4) is 0 Å². The molecular formula is C58H42N4. The number of fused-ring (bicyclic) bond motifs is 1. The van der Waals surface area contributed by atoms with Crippen molar-refractivity contribution in [1.82, 2.24) is 19.9 Å². The minimum atomic E-state index is 0.672. The first-order valence-corrected chi connectivity index (χ1v) is 21.0. The zero-order valence-corrected chi connectivity index (χ0v) is 34.6. The summed E-state index contributed by atoms with van der Waals surface area (Å²) in [5.41, 5.74) is 14.0. The van der Waals surface area contributed by atoms with Crippen LogP contribution in [-0.2, 0) is 0 Å². The second-order valence-corrected chi connectivity index (χ2v) is 15.3. The molecule has 0 amide bonds. The van der Waals surface area contributed by atoms with Gasteiger partial charge in [0.15, 0.2) is 11.6 Å². The maximum atomic E-state index is 5.21. The Kier molecular flexibility index (Phi) is 10.4. The molecule has 0 saturated carbocycles. The Morgan fingerprint density at radius 3 is 0.984 bits per heavy atom. The van der Waals surface area contributed by atoms with E-state index in [1.54, 1.807) is 0 Å². The fraction of sp³-hybridized carbons (Fsp3) is 0.0345. The second kappa shape index (κ2) is 16.9. The SMILES string of the molecule is C/C=c1/c(-c2cccc(-c3nc(-c4ccccc4)cc(-c4ccccc4)n3)c2)c(-c2cccc(-c3nc(-c4ccccc4)cc(-c4ccccc4)n3)c2)c2ccccc2/c1=C/C. The standard InChI is InChI=1S/C58H42N4/c1-3-47-48(4-2)55(43-29-19-31-45(35-43)57-59-51(39-21-9-5-10-22-39)37-52(60-57)40-23-11-6-12-24-40)56(50-34-18-17-33-49(47)50)44-30-20-32-46(36-44)58-61-53(41-25-13-7-14-26-41)38-54(62-58)42-27-15-8-16-28-42/h3-38H,1-2H3/b47-3+,48-4+. The third-order valence-corrected chi connectivity index (χ3v) is 11.4. The van der Waals surface area contributed by atoms with Gasteiger partial charge >= 0.3 is 0 Å². The molecule has 10 aromatic rings. The van der Waals surface area contributed by atoms with Gasteiger partial charge in [-0.3, -0.25) is 0 Å². The summed E-state index contributed by atoms with van der Waals surface area (Å²) in [6, 6.07) is 71.7. The predicted octanol–water partition coefficient (Wildman–Crippen LogP) is 13.4. The number of hydrogen-bond donors (Lipinski definition) is 0. The van der Waals surface area contributed by atoms with Gasteiger partial charge in [-0.1, -0.05) is 194 Å². The van der Waals surface area contributed by atoms with Gasteiger partial charge in [0.05, 0.1) is 22.8 Å². The minimum absolute atomic E-state index is 0.672. The van der Waals surface area contributed by atoms with Crippen LogP contribution >= 0.6 is 0 Å². The molecule has 0 spiro atoms. The molecule has 62 heavy (non-hydrogen) atoms. The van der Waals surface area contributed by atoms with Crippen LogP contribution in [0.2, 0.25) is 0 Å². The molecule has 2 aromatic heterocycles. The summed E-state index contributed by atoms with van der Waals surface area (Å²) in [5, 5.41) is 4.73. The first-order valence-electron chi connectivity index (χ1n) is 21.0. The summed E-state index contributed by atoms with van der Waals surface area (Å²) in [5.74, 6) is 1.34. The van der Waals surface area contributed by atoms with Crippen LogP contribution < -0.4 is 10.4 Å². The van der Waals surface area contributed by atoms with Gasteiger partial charge in [0.1, 0.15) is 0 Å². The van der Waals surface area contributed by atoms with Crippen LogP contribution in [0.25, 0.3) is 113 Å². The molecule has 0 aliphatic carbocycles. The van der Waals surface area contributed by atoms with E-state index in [0.717, 1.165) is 78.4 Å². The van der Waals surface area contributed by atoms with Crippen LogP contribution in [0.1, 0.15) is 13.8 Å². The summed E-state index contributed by atoms with van der Waals surface area (Å²) in [6.45, 7) is 4.27. The van der Waals surface area contributed by atoms with Crippen molar-refractivity contribution in [1.29, 1.82) is 0 Å². The van der Waals surface area contributed by atoms with Gasteiger partial charge in [0.25, 0.3) is 0 Å². The van der Waals surface area contributed by atoms with Crippen molar-refractivity contribution >= 4 is 22.9 Å². The first kappa shape index (κ1) is 38.1. The lowest BCUT2D eigenvalue weighted by molar-refractivity contribution is 1.18. The molecule has 0 aliphatic rings. The van der Waals surface area contributed by atoms with E-state index in [1.807, 2.05) is 24.3 Å². The molecule has 0 aliphatic heterocycles. The number of hydrogen-bond acceptors (Lipinski definition) is 4. The topological polar surface area (TPSA) is 51.6 Å². The Labute approximate surface area is 362 Å². The van der Waals surface area contributed by atoms with E-state index in [-0.39, 0.29) is 0 Å². The zero-order valence-electron chi connectivity index (χ0n) is 34.6. The van der Waals surface area contributed by atoms with Gasteiger partial charge in [-0.25, -0.2) is 19.9 Å². The smallest absolute Gasteiger partial charge is 0.160 e. The van der Waals surface area contributed by atoms with Gasteiger partial charge in [0, 0.05) is 33.4 Å². The maximum Gasteiger partial charge on any atom is 0.160 e. The molecule has 2 heterocycles. The van der Waals surface area contributed by atoms with E-state index < -0.39 is 0 Å². The molecule has 0 radical (unpaired) electrons. The van der Waals surface area contributed by atoms with Crippen LogP contribution in [0.15, 0.2) is 206 Å². The Hall–Kier alpha value is -8.08. The van der Waals surface area contributed by atoms with E-state index >= 15 is 0 Å². The molecule has 0 saturated heterocycles. The fourth-order valence-electron chi connectivity index (χ4n) is 8.50. The molecule has 0 bridgehead atoms. The van der Waals surface area contributed by atoms with Crippen molar-refractivity contribution in [3.8, 4) is 90.1 Å². The summed E-state index contributed by atoms with van der Waals surface area (Å²) >= 11 is 0. The van der Waals surface area contributed by atoms with Crippen molar-refractivity contribution in [2.45, 2.75) is 13.8 Å². The monoisotopic (exact) mass is 794 g/mol. The number of benzene rings is 8. The molecule has 4 heteroatoms. The molecule has 0 atom stereocenters. The molecule has 4 nitrogen and oxygen atoms in total. The number of rotatable bonds is 8. The quantitative estimate of drug-likeness (QED) is 0.154. The third kappa shape index (κ3) is 7.40. The zero-order chi connectivity index (χ0) is 41.8. The second-order valence-electron chi connectivity index (χ2n) is 15.3. The molecule has 0 unspecified atom stereocenters. The molecule has 294 valence electrons. The van der Waals surface area contributed by atoms with Crippen LogP contribution in [-0.4, -0.2) is 19.9 Å². The Balaban J connectivity index is 1.19. The maximum absolute atomic E-state index is 5.21. The van der Waals surface area contributed by atoms with E-state index in [2.05, 4.69) is 208 Å². The van der Waals surface area contributed by atoms with Crippen molar-refractivity contribution in [2.75, 3.05) is 0 Å². The van der Waals surface area contributed by atoms with E-state index in [4.69, 9.17) is 19.9 Å². The van der Waals surface area contributed by atoms with Crippen molar-refractivity contribution in [3.05, 3.63) is 217 Å². The van der Waals surface area contributed by atoms with Crippen LogP contribution in [0, 0.1) is 0 Å². The molecular weight excluding hydrogens is 753 g/mol. The van der Waals surface area contributed by atoms with Gasteiger partial charge in [-0.2, -0.15) is 0 Å². The van der Waals surface area contributed by atoms with Gasteiger partial charge in [0.2, 0.25) is 0 Å². The first-order chi connectivity index (χ1) is 30.6. The lowest BCUT2D eigenvalue weighted by Gasteiger charge is -2.18. The van der Waals surface area contributed by atoms with E-state index in [0.29, 0.717) is 11.6 Å². The average molecular weight is 795 g/mol. The summed E-state index contributed by atoms with van der Waals surface area (Å²) < 4.78 is 0. The van der Waals surface area contributed by atoms with Crippen molar-refractivity contribution in [3.63, 3.8) is 0 Å². The summed E-state index contributed by atoms with van der Waals surface area (Å²) in [6.07, 6.45) is 4.48. The molecule has 0 fully saturated rings. The largest absolute Gasteiger partial charge is 0.228 e. The fourth-order valence-corrected chi connectivity index (χ4v) is 8.50. The van der Waals surface area contributed by atoms with Crippen molar-refractivity contribution in [2.24, 2.45) is 0 Å². The Morgan fingerprint density at radius 2 is 0.597 bits per heavy atom. The third-order valence-electron chi connectivity index (χ3n) is 11.4. The Bertz CT molecular complexity index is 3230. The normalized spacial score (nSPS) is 11.9. The van der Waals surface area contributed by atoms with Crippen molar-refractivity contribution < 1.29 is 0 Å². The lowest BCUT2D eigenvalue weighted by atomic mass is 9.85. The Morgan fingerprint density at radius 1 is 0.274 bits per heavy atom. The van der Waals surface area contributed by atoms with E-state index in [9.17, 15) is 0 Å². The van der Waals surface area contributed by atoms with Crippen LogP contribution in [0.4, 0.5) is 0 Å². The average Bonchev–Trinajstić information content (AvgIpc) is 3.36. The highest BCUT2D eigenvalue weighted by atomic mass is 14.9. The number of aromatic nitrogens is 4. The molecule has 10 rings (SSSR count). The highest BCUT2D eigenvalue weighted by molar-refractivity contribution is 6.05. The lowest BCUT2D eigenvalue weighted by Crippen LogP contribution is -2.28. The van der Waals surface area contributed by atoms with Gasteiger partial charge in [-0.05, 0) is 81.6 Å². The van der Waals surface area contributed by atoms with Crippen LogP contribution in [0.5, 0.6) is 0 Å². The van der Waals surface area contributed by atoms with E-state index in [1.165, 1.54) is 21.2 Å². The molecule has 0 N–H and O–H groups in total. The highest BCUT2D eigenvalue weighted by Gasteiger charge is 2.19. The number of nitrogens with zero attached hydrogens (tertiary/aromatic N) is 4. The summed E-state index contributed by atoms with van der Waals surface area (Å²) in [4.78, 5) is 20.8. The van der Waals surface area contributed by atoms with Gasteiger partial charge < -0.3 is 0 Å². The predicted molar refractivity (Wildman–Crippen MR) is 258 cm³/mol. The highest BCUT2D eigenvalue weighted by Crippen LogP contribution is 2.38. The summed E-state index contributed by atoms with van der Waals surface area (Å²) in [7, 11) is 0. The van der Waals surface area contributed by atoms with Gasteiger partial charge in [-0.15, -0.1) is 0 Å². The molecule has 8 aromatic carbocycles.